The summed E-state index contributed by atoms with van der Waals surface area (Å²) in [5.74, 6) is 2.23. The van der Waals surface area contributed by atoms with Crippen LogP contribution in [0.3, 0.4) is 0 Å². The van der Waals surface area contributed by atoms with Crippen LogP contribution in [-0.4, -0.2) is 12.3 Å². The maximum atomic E-state index is 11.8. The van der Waals surface area contributed by atoms with E-state index in [0.717, 1.165) is 25.8 Å². The monoisotopic (exact) mass is 195 g/mol. The highest BCUT2D eigenvalue weighted by molar-refractivity contribution is 5.82. The second-order valence-corrected chi connectivity index (χ2v) is 4.99. The molecule has 2 atom stereocenters. The quantitative estimate of drug-likeness (QED) is 0.733. The van der Waals surface area contributed by atoms with Gasteiger partial charge in [-0.1, -0.05) is 12.8 Å². The van der Waals surface area contributed by atoms with Crippen molar-refractivity contribution in [2.45, 2.75) is 44.9 Å². The van der Waals surface area contributed by atoms with Crippen molar-refractivity contribution >= 4 is 5.78 Å². The number of carbonyl (C=O) groups excluding carboxylic acids is 1. The third-order valence-electron chi connectivity index (χ3n) is 4.10. The van der Waals surface area contributed by atoms with Gasteiger partial charge in [-0.15, -0.1) is 0 Å². The molecule has 0 aromatic carbocycles. The van der Waals surface area contributed by atoms with Gasteiger partial charge in [0.05, 0.1) is 0 Å². The van der Waals surface area contributed by atoms with Gasteiger partial charge in [0.25, 0.3) is 0 Å². The maximum absolute atomic E-state index is 11.8. The minimum Gasteiger partial charge on any atom is -0.330 e. The Labute approximate surface area is 86.2 Å². The summed E-state index contributed by atoms with van der Waals surface area (Å²) < 4.78 is 0. The van der Waals surface area contributed by atoms with Crippen LogP contribution >= 0.6 is 0 Å². The van der Waals surface area contributed by atoms with Crippen LogP contribution in [0.5, 0.6) is 0 Å². The van der Waals surface area contributed by atoms with Crippen LogP contribution in [0.25, 0.3) is 0 Å². The predicted octanol–water partition coefficient (Wildman–Crippen LogP) is 2.12. The molecule has 2 aliphatic carbocycles. The summed E-state index contributed by atoms with van der Waals surface area (Å²) in [6.07, 6.45) is 8.16. The van der Waals surface area contributed by atoms with Crippen LogP contribution in [0, 0.1) is 17.8 Å². The van der Waals surface area contributed by atoms with Gasteiger partial charge in [0.15, 0.2) is 0 Å². The predicted molar refractivity (Wildman–Crippen MR) is 56.9 cm³/mol. The number of nitrogens with two attached hydrogens (primary N) is 1. The first-order valence-electron chi connectivity index (χ1n) is 6.04. The lowest BCUT2D eigenvalue weighted by atomic mass is 9.73. The zero-order chi connectivity index (χ0) is 9.97. The lowest BCUT2D eigenvalue weighted by molar-refractivity contribution is -0.127. The molecule has 2 unspecified atom stereocenters. The molecule has 2 saturated carbocycles. The van der Waals surface area contributed by atoms with Gasteiger partial charge >= 0.3 is 0 Å². The summed E-state index contributed by atoms with van der Waals surface area (Å²) in [6.45, 7) is 0.774. The largest absolute Gasteiger partial charge is 0.330 e. The van der Waals surface area contributed by atoms with E-state index < -0.39 is 0 Å². The fraction of sp³-hybridized carbons (Fsp3) is 0.917. The minimum atomic E-state index is 0.375. The number of hydrogen-bond acceptors (Lipinski definition) is 2. The summed E-state index contributed by atoms with van der Waals surface area (Å²) in [5, 5.41) is 0. The second-order valence-electron chi connectivity index (χ2n) is 4.99. The van der Waals surface area contributed by atoms with E-state index in [2.05, 4.69) is 0 Å². The molecule has 2 rings (SSSR count). The highest BCUT2D eigenvalue weighted by Crippen LogP contribution is 2.39. The van der Waals surface area contributed by atoms with Crippen LogP contribution < -0.4 is 5.73 Å². The highest BCUT2D eigenvalue weighted by atomic mass is 16.1. The average molecular weight is 195 g/mol. The zero-order valence-electron chi connectivity index (χ0n) is 8.87. The number of rotatable bonds is 2. The van der Waals surface area contributed by atoms with Gasteiger partial charge in [-0.3, -0.25) is 4.79 Å². The molecule has 2 aliphatic rings. The number of Topliss-reactive ketones (excluding diaryl/α,β-unsaturated/α-hetero) is 1. The Bertz CT molecular complexity index is 208. The van der Waals surface area contributed by atoms with Crippen LogP contribution in [0.4, 0.5) is 0 Å². The van der Waals surface area contributed by atoms with E-state index in [9.17, 15) is 4.79 Å². The van der Waals surface area contributed by atoms with Gasteiger partial charge in [0.1, 0.15) is 5.78 Å². The van der Waals surface area contributed by atoms with Crippen molar-refractivity contribution < 1.29 is 4.79 Å². The van der Waals surface area contributed by atoms with Crippen LogP contribution in [0.1, 0.15) is 44.9 Å². The molecule has 0 aromatic rings. The SMILES string of the molecule is NCC1CCC(=O)C(C2CCCC2)C1. The van der Waals surface area contributed by atoms with Crippen LogP contribution in [0.2, 0.25) is 0 Å². The molecule has 0 bridgehead atoms. The van der Waals surface area contributed by atoms with E-state index in [1.165, 1.54) is 25.7 Å². The Kier molecular flexibility index (Phi) is 3.22. The topological polar surface area (TPSA) is 43.1 Å². The van der Waals surface area contributed by atoms with Crippen LogP contribution in [-0.2, 0) is 4.79 Å². The van der Waals surface area contributed by atoms with Crippen molar-refractivity contribution in [3.05, 3.63) is 0 Å². The standard InChI is InChI=1S/C12H21NO/c13-8-9-5-6-12(14)11(7-9)10-3-1-2-4-10/h9-11H,1-8,13H2. The summed E-state index contributed by atoms with van der Waals surface area (Å²) in [6, 6.07) is 0. The van der Waals surface area contributed by atoms with E-state index in [1.807, 2.05) is 0 Å². The molecule has 0 heterocycles. The number of ketones is 1. The fourth-order valence-electron chi connectivity index (χ4n) is 3.17. The molecule has 2 fully saturated rings. The minimum absolute atomic E-state index is 0.375. The maximum Gasteiger partial charge on any atom is 0.136 e. The van der Waals surface area contributed by atoms with Gasteiger partial charge in [-0.25, -0.2) is 0 Å². The Morgan fingerprint density at radius 3 is 2.57 bits per heavy atom. The molecule has 14 heavy (non-hydrogen) atoms. The Balaban J connectivity index is 1.96. The van der Waals surface area contributed by atoms with E-state index in [-0.39, 0.29) is 0 Å². The Hall–Kier alpha value is -0.370. The van der Waals surface area contributed by atoms with E-state index in [4.69, 9.17) is 5.73 Å². The molecule has 0 aliphatic heterocycles. The molecule has 0 spiro atoms. The van der Waals surface area contributed by atoms with E-state index >= 15 is 0 Å². The lowest BCUT2D eigenvalue weighted by Gasteiger charge is -2.31. The molecule has 0 aromatic heterocycles. The molecular formula is C12H21NO. The summed E-state index contributed by atoms with van der Waals surface area (Å²) >= 11 is 0. The van der Waals surface area contributed by atoms with Crippen molar-refractivity contribution in [2.24, 2.45) is 23.5 Å². The molecule has 2 heteroatoms. The van der Waals surface area contributed by atoms with Crippen molar-refractivity contribution in [2.75, 3.05) is 6.54 Å². The number of carbonyl (C=O) groups is 1. The first-order valence-corrected chi connectivity index (χ1v) is 6.04. The molecule has 80 valence electrons. The summed E-state index contributed by atoms with van der Waals surface area (Å²) in [4.78, 5) is 11.8. The molecule has 2 nitrogen and oxygen atoms in total. The Morgan fingerprint density at radius 1 is 1.21 bits per heavy atom. The van der Waals surface area contributed by atoms with Gasteiger partial charge in [0, 0.05) is 12.3 Å². The van der Waals surface area contributed by atoms with E-state index in [1.54, 1.807) is 0 Å². The third-order valence-corrected chi connectivity index (χ3v) is 4.10. The van der Waals surface area contributed by atoms with Gasteiger partial charge < -0.3 is 5.73 Å². The highest BCUT2D eigenvalue weighted by Gasteiger charge is 2.34. The summed E-state index contributed by atoms with van der Waals surface area (Å²) in [7, 11) is 0. The van der Waals surface area contributed by atoms with E-state index in [0.29, 0.717) is 23.5 Å². The molecular weight excluding hydrogens is 174 g/mol. The van der Waals surface area contributed by atoms with Crippen molar-refractivity contribution in [3.8, 4) is 0 Å². The third kappa shape index (κ3) is 2.00. The molecule has 0 saturated heterocycles. The molecule has 2 N–H and O–H groups in total. The van der Waals surface area contributed by atoms with Gasteiger partial charge in [-0.2, -0.15) is 0 Å². The van der Waals surface area contributed by atoms with Gasteiger partial charge in [0.2, 0.25) is 0 Å². The first kappa shape index (κ1) is 10.2. The van der Waals surface area contributed by atoms with Crippen LogP contribution in [0.15, 0.2) is 0 Å². The zero-order valence-corrected chi connectivity index (χ0v) is 8.87. The molecule has 0 radical (unpaired) electrons. The van der Waals surface area contributed by atoms with Crippen molar-refractivity contribution in [1.82, 2.24) is 0 Å². The lowest BCUT2D eigenvalue weighted by Crippen LogP contribution is -2.32. The summed E-state index contributed by atoms with van der Waals surface area (Å²) in [5.41, 5.74) is 5.70. The average Bonchev–Trinajstić information content (AvgIpc) is 2.71. The van der Waals surface area contributed by atoms with Crippen molar-refractivity contribution in [3.63, 3.8) is 0 Å². The van der Waals surface area contributed by atoms with Gasteiger partial charge in [-0.05, 0) is 44.1 Å². The smallest absolute Gasteiger partial charge is 0.136 e. The number of hydrogen-bond donors (Lipinski definition) is 1. The molecule has 0 amide bonds. The normalized spacial score (nSPS) is 35.1. The fourth-order valence-corrected chi connectivity index (χ4v) is 3.17. The Morgan fingerprint density at radius 2 is 1.93 bits per heavy atom. The van der Waals surface area contributed by atoms with Crippen molar-refractivity contribution in [1.29, 1.82) is 0 Å². The first-order chi connectivity index (χ1) is 6.81. The second kappa shape index (κ2) is 4.43.